The second-order valence-electron chi connectivity index (χ2n) is 4.83. The molecule has 106 valence electrons. The van der Waals surface area contributed by atoms with Gasteiger partial charge in [-0.3, -0.25) is 4.79 Å². The maximum atomic E-state index is 12.4. The van der Waals surface area contributed by atoms with E-state index in [1.807, 2.05) is 23.9 Å². The quantitative estimate of drug-likeness (QED) is 0.898. The lowest BCUT2D eigenvalue weighted by molar-refractivity contribution is 0.0354. The Bertz CT molecular complexity index is 453. The number of likely N-dealkylation sites (tertiary alicyclic amines) is 1. The number of nitrogens with zero attached hydrogens (tertiary/aromatic N) is 3. The van der Waals surface area contributed by atoms with Crippen LogP contribution in [0.4, 0.5) is 10.9 Å². The average Bonchev–Trinajstić information content (AvgIpc) is 2.80. The van der Waals surface area contributed by atoms with Crippen molar-refractivity contribution < 1.29 is 9.53 Å². The minimum absolute atomic E-state index is 0.0161. The first kappa shape index (κ1) is 14.1. The highest BCUT2D eigenvalue weighted by molar-refractivity contribution is 7.18. The highest BCUT2D eigenvalue weighted by Crippen LogP contribution is 2.28. The number of carbonyl (C=O) groups excluding carboxylic acids is 1. The fourth-order valence-electron chi connectivity index (χ4n) is 2.10. The first-order valence-electron chi connectivity index (χ1n) is 6.28. The Morgan fingerprint density at radius 1 is 1.47 bits per heavy atom. The molecule has 6 nitrogen and oxygen atoms in total. The third kappa shape index (κ3) is 2.98. The number of hydrogen-bond acceptors (Lipinski definition) is 6. The topological polar surface area (TPSA) is 71.7 Å². The molecule has 7 heteroatoms. The van der Waals surface area contributed by atoms with E-state index in [1.165, 1.54) is 11.3 Å². The number of nitrogen functional groups attached to an aromatic ring is 1. The molecule has 0 atom stereocenters. The number of ether oxygens (including phenoxy) is 1. The van der Waals surface area contributed by atoms with Crippen LogP contribution >= 0.6 is 11.3 Å². The van der Waals surface area contributed by atoms with E-state index in [9.17, 15) is 4.79 Å². The zero-order valence-electron chi connectivity index (χ0n) is 11.5. The minimum Gasteiger partial charge on any atom is -0.382 e. The molecule has 1 aliphatic rings. The molecule has 1 amide bonds. The maximum absolute atomic E-state index is 12.4. The van der Waals surface area contributed by atoms with Gasteiger partial charge in [-0.25, -0.2) is 4.98 Å². The standard InChI is InChI=1S/C12H20N4O2S/c1-15(2)12-14-10(13)9(19-12)11(17)16-6-4-8(18-3)5-7-16/h8H,4-7,13H2,1-3H3. The Morgan fingerprint density at radius 3 is 2.58 bits per heavy atom. The van der Waals surface area contributed by atoms with Crippen LogP contribution in [-0.2, 0) is 4.74 Å². The zero-order chi connectivity index (χ0) is 14.0. The van der Waals surface area contributed by atoms with Gasteiger partial charge in [0.2, 0.25) is 0 Å². The third-order valence-corrected chi connectivity index (χ3v) is 4.51. The smallest absolute Gasteiger partial charge is 0.267 e. The van der Waals surface area contributed by atoms with Crippen molar-refractivity contribution in [2.75, 3.05) is 44.9 Å². The van der Waals surface area contributed by atoms with Gasteiger partial charge in [0, 0.05) is 34.3 Å². The van der Waals surface area contributed by atoms with Crippen LogP contribution in [0.1, 0.15) is 22.5 Å². The Balaban J connectivity index is 2.08. The van der Waals surface area contributed by atoms with Crippen LogP contribution in [0, 0.1) is 0 Å². The molecule has 2 N–H and O–H groups in total. The lowest BCUT2D eigenvalue weighted by Crippen LogP contribution is -2.40. The van der Waals surface area contributed by atoms with Crippen molar-refractivity contribution in [1.29, 1.82) is 0 Å². The molecule has 0 saturated carbocycles. The van der Waals surface area contributed by atoms with Gasteiger partial charge in [-0.1, -0.05) is 11.3 Å². The van der Waals surface area contributed by atoms with Gasteiger partial charge in [-0.05, 0) is 12.8 Å². The summed E-state index contributed by atoms with van der Waals surface area (Å²) in [7, 11) is 5.49. The Kier molecular flexibility index (Phi) is 4.26. The monoisotopic (exact) mass is 284 g/mol. The highest BCUT2D eigenvalue weighted by atomic mass is 32.1. The summed E-state index contributed by atoms with van der Waals surface area (Å²) in [5.41, 5.74) is 5.84. The molecular weight excluding hydrogens is 264 g/mol. The maximum Gasteiger partial charge on any atom is 0.267 e. The molecule has 2 heterocycles. The van der Waals surface area contributed by atoms with Crippen molar-refractivity contribution in [3.05, 3.63) is 4.88 Å². The molecule has 1 aromatic heterocycles. The minimum atomic E-state index is -0.0161. The fourth-order valence-corrected chi connectivity index (χ4v) is 2.98. The number of carbonyl (C=O) groups is 1. The number of thiazole rings is 1. The molecule has 0 unspecified atom stereocenters. The van der Waals surface area contributed by atoms with Crippen LogP contribution < -0.4 is 10.6 Å². The summed E-state index contributed by atoms with van der Waals surface area (Å²) < 4.78 is 5.31. The second-order valence-corrected chi connectivity index (χ2v) is 5.81. The fraction of sp³-hybridized carbons (Fsp3) is 0.667. The van der Waals surface area contributed by atoms with Gasteiger partial charge in [-0.2, -0.15) is 0 Å². The van der Waals surface area contributed by atoms with Gasteiger partial charge in [-0.15, -0.1) is 0 Å². The molecule has 2 rings (SSSR count). The first-order valence-corrected chi connectivity index (χ1v) is 7.10. The van der Waals surface area contributed by atoms with Gasteiger partial charge >= 0.3 is 0 Å². The number of anilines is 2. The van der Waals surface area contributed by atoms with Crippen LogP contribution in [-0.4, -0.2) is 56.2 Å². The predicted molar refractivity (Wildman–Crippen MR) is 76.8 cm³/mol. The molecule has 0 spiro atoms. The van der Waals surface area contributed by atoms with E-state index in [-0.39, 0.29) is 12.0 Å². The highest BCUT2D eigenvalue weighted by Gasteiger charge is 2.26. The van der Waals surface area contributed by atoms with E-state index in [4.69, 9.17) is 10.5 Å². The van der Waals surface area contributed by atoms with Crippen LogP contribution in [0.2, 0.25) is 0 Å². The summed E-state index contributed by atoms with van der Waals surface area (Å²) in [4.78, 5) is 20.8. The number of hydrogen-bond donors (Lipinski definition) is 1. The number of amides is 1. The summed E-state index contributed by atoms with van der Waals surface area (Å²) in [6.07, 6.45) is 2.02. The number of nitrogens with two attached hydrogens (primary N) is 1. The van der Waals surface area contributed by atoms with Gasteiger partial charge in [0.25, 0.3) is 5.91 Å². The molecule has 0 aliphatic carbocycles. The summed E-state index contributed by atoms with van der Waals surface area (Å²) >= 11 is 1.34. The van der Waals surface area contributed by atoms with E-state index in [1.54, 1.807) is 7.11 Å². The van der Waals surface area contributed by atoms with Crippen molar-refractivity contribution >= 4 is 28.2 Å². The third-order valence-electron chi connectivity index (χ3n) is 3.28. The summed E-state index contributed by atoms with van der Waals surface area (Å²) in [6, 6.07) is 0. The molecule has 1 fully saturated rings. The number of aromatic nitrogens is 1. The van der Waals surface area contributed by atoms with Crippen molar-refractivity contribution in [2.24, 2.45) is 0 Å². The van der Waals surface area contributed by atoms with E-state index in [2.05, 4.69) is 4.98 Å². The average molecular weight is 284 g/mol. The van der Waals surface area contributed by atoms with E-state index < -0.39 is 0 Å². The van der Waals surface area contributed by atoms with E-state index >= 15 is 0 Å². The lowest BCUT2D eigenvalue weighted by atomic mass is 10.1. The van der Waals surface area contributed by atoms with Gasteiger partial charge < -0.3 is 20.3 Å². The van der Waals surface area contributed by atoms with Gasteiger partial charge in [0.15, 0.2) is 5.13 Å². The number of methoxy groups -OCH3 is 1. The molecule has 1 aliphatic heterocycles. The molecule has 19 heavy (non-hydrogen) atoms. The molecule has 0 bridgehead atoms. The second kappa shape index (κ2) is 5.75. The molecule has 0 radical (unpaired) electrons. The Labute approximate surface area is 117 Å². The summed E-state index contributed by atoms with van der Waals surface area (Å²) in [5.74, 6) is 0.310. The Hall–Kier alpha value is -1.34. The van der Waals surface area contributed by atoms with Crippen LogP contribution in [0.3, 0.4) is 0 Å². The normalized spacial score (nSPS) is 16.7. The molecular formula is C12H20N4O2S. The number of rotatable bonds is 3. The summed E-state index contributed by atoms with van der Waals surface area (Å²) in [5, 5.41) is 0.757. The lowest BCUT2D eigenvalue weighted by Gasteiger charge is -2.30. The predicted octanol–water partition coefficient (Wildman–Crippen LogP) is 1.04. The summed E-state index contributed by atoms with van der Waals surface area (Å²) in [6.45, 7) is 1.43. The zero-order valence-corrected chi connectivity index (χ0v) is 12.4. The first-order chi connectivity index (χ1) is 9.02. The van der Waals surface area contributed by atoms with Crippen molar-refractivity contribution in [3.63, 3.8) is 0 Å². The van der Waals surface area contributed by atoms with Crippen molar-refractivity contribution in [1.82, 2.24) is 9.88 Å². The molecule has 1 aromatic rings. The van der Waals surface area contributed by atoms with Crippen molar-refractivity contribution in [2.45, 2.75) is 18.9 Å². The van der Waals surface area contributed by atoms with Crippen molar-refractivity contribution in [3.8, 4) is 0 Å². The van der Waals surface area contributed by atoms with Crippen LogP contribution in [0.5, 0.6) is 0 Å². The van der Waals surface area contributed by atoms with E-state index in [0.29, 0.717) is 23.8 Å². The van der Waals surface area contributed by atoms with Crippen LogP contribution in [0.15, 0.2) is 0 Å². The molecule has 1 saturated heterocycles. The Morgan fingerprint density at radius 2 is 2.11 bits per heavy atom. The van der Waals surface area contributed by atoms with E-state index in [0.717, 1.165) is 18.0 Å². The molecule has 0 aromatic carbocycles. The largest absolute Gasteiger partial charge is 0.382 e. The number of piperidine rings is 1. The van der Waals surface area contributed by atoms with Gasteiger partial charge in [0.05, 0.1) is 6.10 Å². The van der Waals surface area contributed by atoms with Gasteiger partial charge in [0.1, 0.15) is 10.7 Å². The van der Waals surface area contributed by atoms with Crippen LogP contribution in [0.25, 0.3) is 0 Å². The SMILES string of the molecule is COC1CCN(C(=O)c2sc(N(C)C)nc2N)CC1.